The topological polar surface area (TPSA) is 0 Å². The Kier molecular flexibility index (Phi) is 2.09. The van der Waals surface area contributed by atoms with Crippen molar-refractivity contribution < 1.29 is 13.2 Å². The zero-order chi connectivity index (χ0) is 8.59. The minimum Gasteiger partial charge on any atom is -0.203 e. The van der Waals surface area contributed by atoms with Crippen LogP contribution in [-0.2, 0) is 0 Å². The summed E-state index contributed by atoms with van der Waals surface area (Å²) in [6.45, 7) is 1.31. The summed E-state index contributed by atoms with van der Waals surface area (Å²) in [4.78, 5) is 0. The molecule has 0 aliphatic heterocycles. The first kappa shape index (κ1) is 8.40. The minimum atomic E-state index is -1.52. The summed E-state index contributed by atoms with van der Waals surface area (Å²) in [5, 5.41) is -0.401. The van der Waals surface area contributed by atoms with Crippen LogP contribution in [0.15, 0.2) is 6.07 Å². The van der Waals surface area contributed by atoms with Crippen molar-refractivity contribution in [3.63, 3.8) is 0 Å². The van der Waals surface area contributed by atoms with Crippen LogP contribution in [0.25, 0.3) is 0 Å². The van der Waals surface area contributed by atoms with E-state index in [9.17, 15) is 13.2 Å². The molecule has 60 valence electrons. The number of hydrogen-bond acceptors (Lipinski definition) is 0. The number of rotatable bonds is 0. The van der Waals surface area contributed by atoms with Crippen LogP contribution in [0.4, 0.5) is 13.2 Å². The third kappa shape index (κ3) is 1.33. The number of halogens is 4. The lowest BCUT2D eigenvalue weighted by Gasteiger charge is -2.00. The SMILES string of the molecule is Cc1cc(Cl)c(F)c(F)c1F. The molecule has 11 heavy (non-hydrogen) atoms. The Morgan fingerprint density at radius 1 is 1.09 bits per heavy atom. The standard InChI is InChI=1S/C7H4ClF3/c1-3-2-4(8)6(10)7(11)5(3)9/h2H,1H3. The van der Waals surface area contributed by atoms with Gasteiger partial charge in [0.15, 0.2) is 17.5 Å². The fraction of sp³-hybridized carbons (Fsp3) is 0.143. The Morgan fingerprint density at radius 2 is 1.64 bits per heavy atom. The van der Waals surface area contributed by atoms with E-state index in [1.165, 1.54) is 6.92 Å². The van der Waals surface area contributed by atoms with Gasteiger partial charge in [0.1, 0.15) is 0 Å². The molecule has 0 nitrogen and oxygen atoms in total. The highest BCUT2D eigenvalue weighted by atomic mass is 35.5. The summed E-state index contributed by atoms with van der Waals surface area (Å²) in [7, 11) is 0. The highest BCUT2D eigenvalue weighted by molar-refractivity contribution is 6.30. The zero-order valence-electron chi connectivity index (χ0n) is 5.59. The molecular weight excluding hydrogens is 177 g/mol. The molecule has 0 N–H and O–H groups in total. The monoisotopic (exact) mass is 180 g/mol. The lowest BCUT2D eigenvalue weighted by Crippen LogP contribution is -1.94. The summed E-state index contributed by atoms with van der Waals surface area (Å²) in [6.07, 6.45) is 0. The molecule has 1 aromatic rings. The van der Waals surface area contributed by atoms with E-state index in [2.05, 4.69) is 0 Å². The van der Waals surface area contributed by atoms with Gasteiger partial charge in [0, 0.05) is 0 Å². The lowest BCUT2D eigenvalue weighted by atomic mass is 10.2. The van der Waals surface area contributed by atoms with Crippen LogP contribution in [-0.4, -0.2) is 0 Å². The molecule has 4 heteroatoms. The van der Waals surface area contributed by atoms with E-state index < -0.39 is 22.5 Å². The van der Waals surface area contributed by atoms with Gasteiger partial charge in [-0.25, -0.2) is 13.2 Å². The van der Waals surface area contributed by atoms with Crippen LogP contribution in [0.5, 0.6) is 0 Å². The second-order valence-electron chi connectivity index (χ2n) is 2.12. The van der Waals surface area contributed by atoms with Gasteiger partial charge in [-0.15, -0.1) is 0 Å². The maximum absolute atomic E-state index is 12.5. The molecule has 1 rings (SSSR count). The van der Waals surface area contributed by atoms with E-state index in [0.717, 1.165) is 6.07 Å². The predicted octanol–water partition coefficient (Wildman–Crippen LogP) is 3.07. The summed E-state index contributed by atoms with van der Waals surface area (Å²) in [5.74, 6) is -4.04. The molecule has 0 heterocycles. The zero-order valence-corrected chi connectivity index (χ0v) is 6.35. The number of aryl methyl sites for hydroxylation is 1. The number of benzene rings is 1. The molecule has 0 bridgehead atoms. The summed E-state index contributed by atoms with van der Waals surface area (Å²) < 4.78 is 37.3. The maximum Gasteiger partial charge on any atom is 0.196 e. The van der Waals surface area contributed by atoms with Crippen LogP contribution in [0.3, 0.4) is 0 Å². The predicted molar refractivity (Wildman–Crippen MR) is 36.1 cm³/mol. The third-order valence-electron chi connectivity index (χ3n) is 1.28. The Bertz CT molecular complexity index is 270. The second-order valence-corrected chi connectivity index (χ2v) is 2.52. The molecule has 0 saturated heterocycles. The normalized spacial score (nSPS) is 10.3. The van der Waals surface area contributed by atoms with Crippen molar-refractivity contribution >= 4 is 11.6 Å². The van der Waals surface area contributed by atoms with Gasteiger partial charge in [-0.05, 0) is 18.6 Å². The van der Waals surface area contributed by atoms with E-state index >= 15 is 0 Å². The molecule has 0 aliphatic rings. The first-order valence-corrected chi connectivity index (χ1v) is 3.21. The van der Waals surface area contributed by atoms with Crippen molar-refractivity contribution in [3.8, 4) is 0 Å². The Hall–Kier alpha value is -0.700. The maximum atomic E-state index is 12.5. The Morgan fingerprint density at radius 3 is 2.18 bits per heavy atom. The van der Waals surface area contributed by atoms with E-state index in [0.29, 0.717) is 0 Å². The van der Waals surface area contributed by atoms with Crippen LogP contribution in [0.1, 0.15) is 5.56 Å². The van der Waals surface area contributed by atoms with Crippen molar-refractivity contribution in [2.75, 3.05) is 0 Å². The van der Waals surface area contributed by atoms with Crippen LogP contribution < -0.4 is 0 Å². The smallest absolute Gasteiger partial charge is 0.196 e. The van der Waals surface area contributed by atoms with Gasteiger partial charge in [-0.2, -0.15) is 0 Å². The van der Waals surface area contributed by atoms with Gasteiger partial charge in [0.2, 0.25) is 0 Å². The first-order valence-electron chi connectivity index (χ1n) is 2.83. The number of hydrogen-bond donors (Lipinski definition) is 0. The molecule has 1 aromatic carbocycles. The van der Waals surface area contributed by atoms with Crippen molar-refractivity contribution in [3.05, 3.63) is 34.1 Å². The second kappa shape index (κ2) is 2.74. The Labute approximate surface area is 66.6 Å². The van der Waals surface area contributed by atoms with Crippen molar-refractivity contribution in [2.24, 2.45) is 0 Å². The van der Waals surface area contributed by atoms with Crippen LogP contribution >= 0.6 is 11.6 Å². The summed E-state index contributed by atoms with van der Waals surface area (Å²) in [6, 6.07) is 1.04. The van der Waals surface area contributed by atoms with Crippen molar-refractivity contribution in [1.82, 2.24) is 0 Å². The van der Waals surface area contributed by atoms with Crippen molar-refractivity contribution in [1.29, 1.82) is 0 Å². The highest BCUT2D eigenvalue weighted by Gasteiger charge is 2.14. The van der Waals surface area contributed by atoms with Gasteiger partial charge < -0.3 is 0 Å². The lowest BCUT2D eigenvalue weighted by molar-refractivity contribution is 0.444. The van der Waals surface area contributed by atoms with Gasteiger partial charge in [-0.1, -0.05) is 11.6 Å². The first-order chi connectivity index (χ1) is 5.04. The third-order valence-corrected chi connectivity index (χ3v) is 1.56. The quantitative estimate of drug-likeness (QED) is 0.425. The van der Waals surface area contributed by atoms with E-state index in [1.54, 1.807) is 0 Å². The fourth-order valence-electron chi connectivity index (χ4n) is 0.691. The molecule has 0 atom stereocenters. The summed E-state index contributed by atoms with van der Waals surface area (Å²) >= 11 is 5.21. The van der Waals surface area contributed by atoms with Gasteiger partial charge in [0.05, 0.1) is 5.02 Å². The molecule has 0 saturated carbocycles. The van der Waals surface area contributed by atoms with Crippen molar-refractivity contribution in [2.45, 2.75) is 6.92 Å². The molecular formula is C7H4ClF3. The molecule has 0 unspecified atom stereocenters. The van der Waals surface area contributed by atoms with E-state index in [4.69, 9.17) is 11.6 Å². The minimum absolute atomic E-state index is 0.00565. The molecule has 0 amide bonds. The average molecular weight is 181 g/mol. The van der Waals surface area contributed by atoms with Gasteiger partial charge in [-0.3, -0.25) is 0 Å². The summed E-state index contributed by atoms with van der Waals surface area (Å²) in [5.41, 5.74) is -0.00565. The molecule has 0 spiro atoms. The van der Waals surface area contributed by atoms with E-state index in [-0.39, 0.29) is 5.56 Å². The highest BCUT2D eigenvalue weighted by Crippen LogP contribution is 2.22. The molecule has 0 fully saturated rings. The van der Waals surface area contributed by atoms with Gasteiger partial charge in [0.25, 0.3) is 0 Å². The van der Waals surface area contributed by atoms with Crippen LogP contribution in [0, 0.1) is 24.4 Å². The average Bonchev–Trinajstić information content (AvgIpc) is 1.97. The fourth-order valence-corrected chi connectivity index (χ4v) is 0.938. The largest absolute Gasteiger partial charge is 0.203 e. The van der Waals surface area contributed by atoms with E-state index in [1.807, 2.05) is 0 Å². The Balaban J connectivity index is 3.46. The molecule has 0 aliphatic carbocycles. The van der Waals surface area contributed by atoms with Crippen LogP contribution in [0.2, 0.25) is 5.02 Å². The van der Waals surface area contributed by atoms with Gasteiger partial charge >= 0.3 is 0 Å². The molecule has 0 aromatic heterocycles. The molecule has 0 radical (unpaired) electrons.